The van der Waals surface area contributed by atoms with E-state index in [2.05, 4.69) is 15.0 Å². The summed E-state index contributed by atoms with van der Waals surface area (Å²) >= 11 is -0.593. The number of nitrogens with zero attached hydrogens (tertiary/aromatic N) is 1. The SMILES string of the molecule is Cc1nc([C@H](Cc2ccc(NS(=O)O)cc2)NC(=O)OC(C)(C)C)cs1. The molecule has 0 aliphatic heterocycles. The molecule has 0 fully saturated rings. The number of amides is 1. The Morgan fingerprint density at radius 3 is 2.50 bits per heavy atom. The summed E-state index contributed by atoms with van der Waals surface area (Å²) in [6.07, 6.45) is 0.0207. The second kappa shape index (κ2) is 8.61. The van der Waals surface area contributed by atoms with E-state index in [1.807, 2.05) is 45.2 Å². The summed E-state index contributed by atoms with van der Waals surface area (Å²) < 4.78 is 27.4. The number of aromatic nitrogens is 1. The maximum absolute atomic E-state index is 12.2. The predicted molar refractivity (Wildman–Crippen MR) is 104 cm³/mol. The van der Waals surface area contributed by atoms with Gasteiger partial charge in [0, 0.05) is 11.1 Å². The molecule has 0 saturated heterocycles. The van der Waals surface area contributed by atoms with Gasteiger partial charge < -0.3 is 10.1 Å². The third-order valence-electron chi connectivity index (χ3n) is 3.28. The van der Waals surface area contributed by atoms with Crippen molar-refractivity contribution in [2.45, 2.75) is 45.8 Å². The molecule has 1 heterocycles. The first kappa shape index (κ1) is 20.3. The first-order chi connectivity index (χ1) is 12.1. The van der Waals surface area contributed by atoms with Crippen LogP contribution >= 0.6 is 11.3 Å². The lowest BCUT2D eigenvalue weighted by Gasteiger charge is -2.23. The first-order valence-corrected chi connectivity index (χ1v) is 9.99. The number of anilines is 1. The highest BCUT2D eigenvalue weighted by molar-refractivity contribution is 7.80. The van der Waals surface area contributed by atoms with Crippen LogP contribution in [0.15, 0.2) is 29.6 Å². The molecular weight excluding hydrogens is 374 g/mol. The van der Waals surface area contributed by atoms with Crippen LogP contribution in [0.1, 0.15) is 43.1 Å². The van der Waals surface area contributed by atoms with Gasteiger partial charge in [-0.15, -0.1) is 11.3 Å². The maximum atomic E-state index is 12.2. The number of thiazole rings is 1. The zero-order chi connectivity index (χ0) is 19.3. The predicted octanol–water partition coefficient (Wildman–Crippen LogP) is 3.81. The summed E-state index contributed by atoms with van der Waals surface area (Å²) in [6.45, 7) is 7.34. The molecule has 0 saturated carbocycles. The largest absolute Gasteiger partial charge is 0.444 e. The van der Waals surface area contributed by atoms with Crippen LogP contribution in [0, 0.1) is 6.92 Å². The quantitative estimate of drug-likeness (QED) is 0.644. The molecule has 0 radical (unpaired) electrons. The Morgan fingerprint density at radius 1 is 1.35 bits per heavy atom. The van der Waals surface area contributed by atoms with Crippen molar-refractivity contribution in [3.63, 3.8) is 0 Å². The number of ether oxygens (including phenoxy) is 1. The number of carbonyl (C=O) groups is 1. The van der Waals surface area contributed by atoms with Gasteiger partial charge in [-0.2, -0.15) is 0 Å². The average Bonchev–Trinajstić information content (AvgIpc) is 2.92. The molecule has 0 bridgehead atoms. The van der Waals surface area contributed by atoms with Crippen molar-refractivity contribution in [3.8, 4) is 0 Å². The van der Waals surface area contributed by atoms with E-state index in [9.17, 15) is 9.00 Å². The second-order valence-corrected chi connectivity index (χ2v) is 8.51. The molecule has 1 amide bonds. The Hall–Kier alpha value is -1.97. The third kappa shape index (κ3) is 6.74. The average molecular weight is 398 g/mol. The van der Waals surface area contributed by atoms with Gasteiger partial charge in [-0.3, -0.25) is 9.27 Å². The van der Waals surface area contributed by atoms with Crippen LogP contribution in [0.2, 0.25) is 0 Å². The molecule has 142 valence electrons. The van der Waals surface area contributed by atoms with Gasteiger partial charge in [-0.1, -0.05) is 12.1 Å². The van der Waals surface area contributed by atoms with Crippen LogP contribution in [0.25, 0.3) is 0 Å². The fourth-order valence-corrected chi connectivity index (χ4v) is 3.27. The number of nitrogens with one attached hydrogen (secondary N) is 2. The van der Waals surface area contributed by atoms with E-state index in [-0.39, 0.29) is 6.04 Å². The summed E-state index contributed by atoms with van der Waals surface area (Å²) in [5, 5.41) is 5.71. The minimum absolute atomic E-state index is 0.333. The van der Waals surface area contributed by atoms with Crippen molar-refractivity contribution in [1.29, 1.82) is 0 Å². The normalized spacial score (nSPS) is 13.7. The lowest BCUT2D eigenvalue weighted by molar-refractivity contribution is 0.0502. The van der Waals surface area contributed by atoms with Gasteiger partial charge in [0.2, 0.25) is 0 Å². The van der Waals surface area contributed by atoms with Gasteiger partial charge in [-0.25, -0.2) is 14.0 Å². The summed E-state index contributed by atoms with van der Waals surface area (Å²) in [4.78, 5) is 16.7. The van der Waals surface area contributed by atoms with Crippen molar-refractivity contribution in [1.82, 2.24) is 10.3 Å². The van der Waals surface area contributed by atoms with Crippen LogP contribution < -0.4 is 10.0 Å². The summed E-state index contributed by atoms with van der Waals surface area (Å²) in [6, 6.07) is 6.75. The minimum atomic E-state index is -2.11. The second-order valence-electron chi connectivity index (χ2n) is 6.74. The lowest BCUT2D eigenvalue weighted by atomic mass is 10.0. The molecule has 26 heavy (non-hydrogen) atoms. The molecule has 1 aromatic carbocycles. The van der Waals surface area contributed by atoms with Crippen LogP contribution in [0.5, 0.6) is 0 Å². The standard InChI is InChI=1S/C17H23N3O4S2/c1-11-18-15(10-25-11)14(19-16(21)24-17(2,3)4)9-12-5-7-13(8-6-12)20-26(22)23/h5-8,10,14,20H,9H2,1-4H3,(H,19,21)(H,22,23)/t14-/m0/s1. The molecule has 3 N–H and O–H groups in total. The smallest absolute Gasteiger partial charge is 0.408 e. The number of benzene rings is 1. The summed E-state index contributed by atoms with van der Waals surface area (Å²) in [7, 11) is 0. The van der Waals surface area contributed by atoms with Crippen LogP contribution in [0.4, 0.5) is 10.5 Å². The molecule has 0 spiro atoms. The number of rotatable bonds is 6. The Bertz CT molecular complexity index is 769. The van der Waals surface area contributed by atoms with E-state index in [0.29, 0.717) is 12.1 Å². The van der Waals surface area contributed by atoms with Crippen LogP contribution in [-0.4, -0.2) is 25.4 Å². The van der Waals surface area contributed by atoms with Crippen molar-refractivity contribution in [3.05, 3.63) is 45.9 Å². The lowest BCUT2D eigenvalue weighted by Crippen LogP contribution is -2.36. The van der Waals surface area contributed by atoms with Gasteiger partial charge in [0.05, 0.1) is 16.7 Å². The van der Waals surface area contributed by atoms with E-state index in [1.54, 1.807) is 12.1 Å². The van der Waals surface area contributed by atoms with Gasteiger partial charge in [-0.05, 0) is 51.8 Å². The van der Waals surface area contributed by atoms with Gasteiger partial charge >= 0.3 is 6.09 Å². The van der Waals surface area contributed by atoms with Crippen molar-refractivity contribution in [2.24, 2.45) is 0 Å². The number of aryl methyl sites for hydroxylation is 1. The highest BCUT2D eigenvalue weighted by Gasteiger charge is 2.22. The Labute approximate surface area is 159 Å². The minimum Gasteiger partial charge on any atom is -0.444 e. The van der Waals surface area contributed by atoms with E-state index in [0.717, 1.165) is 16.3 Å². The van der Waals surface area contributed by atoms with Crippen LogP contribution in [0.3, 0.4) is 0 Å². The topological polar surface area (TPSA) is 101 Å². The molecular formula is C17H23N3O4S2. The number of carbonyl (C=O) groups excluding carboxylic acids is 1. The zero-order valence-corrected chi connectivity index (χ0v) is 16.7. The Balaban J connectivity index is 2.13. The first-order valence-electron chi connectivity index (χ1n) is 8.00. The van der Waals surface area contributed by atoms with E-state index >= 15 is 0 Å². The molecule has 1 unspecified atom stereocenters. The van der Waals surface area contributed by atoms with E-state index < -0.39 is 23.0 Å². The molecule has 2 aromatic rings. The van der Waals surface area contributed by atoms with Crippen molar-refractivity contribution < 1.29 is 18.3 Å². The molecule has 2 atom stereocenters. The molecule has 0 aliphatic carbocycles. The zero-order valence-electron chi connectivity index (χ0n) is 15.1. The fraction of sp³-hybridized carbons (Fsp3) is 0.412. The van der Waals surface area contributed by atoms with Crippen molar-refractivity contribution in [2.75, 3.05) is 4.72 Å². The summed E-state index contributed by atoms with van der Waals surface area (Å²) in [5.41, 5.74) is 1.68. The molecule has 2 rings (SSSR count). The van der Waals surface area contributed by atoms with Crippen molar-refractivity contribution >= 4 is 34.4 Å². The van der Waals surface area contributed by atoms with Gasteiger partial charge in [0.1, 0.15) is 5.60 Å². The van der Waals surface area contributed by atoms with Crippen LogP contribution in [-0.2, 0) is 22.4 Å². The molecule has 0 aliphatic rings. The highest BCUT2D eigenvalue weighted by atomic mass is 32.2. The number of hydrogen-bond acceptors (Lipinski definition) is 5. The molecule has 9 heteroatoms. The fourth-order valence-electron chi connectivity index (χ4n) is 2.26. The number of alkyl carbamates (subject to hydrolysis) is 1. The number of hydrogen-bond donors (Lipinski definition) is 3. The monoisotopic (exact) mass is 397 g/mol. The molecule has 1 aromatic heterocycles. The Kier molecular flexibility index (Phi) is 6.74. The van der Waals surface area contributed by atoms with Gasteiger partial charge in [0.15, 0.2) is 0 Å². The Morgan fingerprint density at radius 2 is 2.00 bits per heavy atom. The highest BCUT2D eigenvalue weighted by Crippen LogP contribution is 2.22. The van der Waals surface area contributed by atoms with E-state index in [1.165, 1.54) is 11.3 Å². The van der Waals surface area contributed by atoms with Gasteiger partial charge in [0.25, 0.3) is 11.3 Å². The van der Waals surface area contributed by atoms with E-state index in [4.69, 9.17) is 9.29 Å². The molecule has 7 nitrogen and oxygen atoms in total. The summed E-state index contributed by atoms with van der Waals surface area (Å²) in [5.74, 6) is 0. The third-order valence-corrected chi connectivity index (χ3v) is 4.49. The maximum Gasteiger partial charge on any atom is 0.408 e.